The Balaban J connectivity index is 2.62. The number of aromatic carboxylic acids is 1. The summed E-state index contributed by atoms with van der Waals surface area (Å²) in [4.78, 5) is 22.1. The van der Waals surface area contributed by atoms with Gasteiger partial charge < -0.3 is 5.11 Å². The van der Waals surface area contributed by atoms with Crippen LogP contribution in [0, 0.1) is 0 Å². The van der Waals surface area contributed by atoms with Crippen molar-refractivity contribution < 1.29 is 14.7 Å². The van der Waals surface area contributed by atoms with Gasteiger partial charge in [0.25, 0.3) is 0 Å². The number of carboxylic acid groups (broad SMARTS) is 1. The zero-order chi connectivity index (χ0) is 10.3. The van der Waals surface area contributed by atoms with Crippen LogP contribution in [-0.2, 0) is 6.42 Å². The number of halogens is 1. The lowest BCUT2D eigenvalue weighted by atomic mass is 10.1. The molecular weight excluding hydrogens is 248 g/mol. The molecular formula is C10H7BrO3. The van der Waals surface area contributed by atoms with Crippen LogP contribution in [0.25, 0.3) is 0 Å². The second-order valence-corrected chi connectivity index (χ2v) is 4.07. The standard InChI is InChI=1S/C10H7BrO3/c11-8-3-5-1-2-9(12)6(5)4-7(8)10(13)14/h3-4H,1-2H2,(H,13,14). The Morgan fingerprint density at radius 3 is 2.71 bits per heavy atom. The molecule has 1 aromatic carbocycles. The van der Waals surface area contributed by atoms with Gasteiger partial charge in [-0.25, -0.2) is 4.79 Å². The number of hydrogen-bond donors (Lipinski definition) is 1. The molecule has 0 saturated heterocycles. The van der Waals surface area contributed by atoms with E-state index in [0.717, 1.165) is 5.56 Å². The molecule has 1 aliphatic rings. The third-order valence-electron chi connectivity index (χ3n) is 2.35. The number of aryl methyl sites for hydroxylation is 1. The Labute approximate surface area is 88.9 Å². The van der Waals surface area contributed by atoms with Crippen molar-refractivity contribution in [2.24, 2.45) is 0 Å². The van der Waals surface area contributed by atoms with Crippen LogP contribution in [0.4, 0.5) is 0 Å². The maximum atomic E-state index is 11.3. The third-order valence-corrected chi connectivity index (χ3v) is 3.00. The molecule has 72 valence electrons. The van der Waals surface area contributed by atoms with Crippen molar-refractivity contribution in [2.75, 3.05) is 0 Å². The van der Waals surface area contributed by atoms with Crippen LogP contribution in [0.1, 0.15) is 32.7 Å². The molecule has 0 fully saturated rings. The van der Waals surface area contributed by atoms with Gasteiger partial charge in [-0.2, -0.15) is 0 Å². The first-order valence-electron chi connectivity index (χ1n) is 4.18. The largest absolute Gasteiger partial charge is 0.478 e. The summed E-state index contributed by atoms with van der Waals surface area (Å²) in [5.74, 6) is -0.977. The Kier molecular flexibility index (Phi) is 2.15. The molecule has 0 spiro atoms. The summed E-state index contributed by atoms with van der Waals surface area (Å²) in [6.45, 7) is 0. The van der Waals surface area contributed by atoms with E-state index >= 15 is 0 Å². The SMILES string of the molecule is O=C(O)c1cc2c(cc1Br)CCC2=O. The highest BCUT2D eigenvalue weighted by molar-refractivity contribution is 9.10. The fraction of sp³-hybridized carbons (Fsp3) is 0.200. The molecule has 0 bridgehead atoms. The first-order valence-corrected chi connectivity index (χ1v) is 4.98. The smallest absolute Gasteiger partial charge is 0.336 e. The van der Waals surface area contributed by atoms with Crippen molar-refractivity contribution in [1.29, 1.82) is 0 Å². The lowest BCUT2D eigenvalue weighted by molar-refractivity contribution is 0.0696. The molecule has 0 aliphatic heterocycles. The van der Waals surface area contributed by atoms with Gasteiger partial charge in [0.15, 0.2) is 5.78 Å². The molecule has 4 heteroatoms. The van der Waals surface area contributed by atoms with E-state index < -0.39 is 5.97 Å². The van der Waals surface area contributed by atoms with Gasteiger partial charge in [0.05, 0.1) is 5.56 Å². The molecule has 0 radical (unpaired) electrons. The van der Waals surface area contributed by atoms with Gasteiger partial charge in [-0.1, -0.05) is 0 Å². The molecule has 1 aliphatic carbocycles. The summed E-state index contributed by atoms with van der Waals surface area (Å²) < 4.78 is 0.540. The number of fused-ring (bicyclic) bond motifs is 1. The van der Waals surface area contributed by atoms with E-state index in [9.17, 15) is 9.59 Å². The summed E-state index contributed by atoms with van der Waals surface area (Å²) in [5, 5.41) is 8.84. The van der Waals surface area contributed by atoms with Gasteiger partial charge in [0.2, 0.25) is 0 Å². The minimum absolute atomic E-state index is 0.0370. The predicted octanol–water partition coefficient (Wildman–Crippen LogP) is 2.28. The van der Waals surface area contributed by atoms with Crippen molar-refractivity contribution in [3.05, 3.63) is 33.3 Å². The molecule has 2 rings (SSSR count). The molecule has 0 amide bonds. The Hall–Kier alpha value is -1.16. The van der Waals surface area contributed by atoms with Crippen LogP contribution in [-0.4, -0.2) is 16.9 Å². The molecule has 3 nitrogen and oxygen atoms in total. The normalized spacial score (nSPS) is 14.2. The van der Waals surface area contributed by atoms with Crippen molar-refractivity contribution in [3.8, 4) is 0 Å². The zero-order valence-corrected chi connectivity index (χ0v) is 8.80. The number of rotatable bonds is 1. The van der Waals surface area contributed by atoms with Crippen LogP contribution in [0.2, 0.25) is 0 Å². The predicted molar refractivity (Wildman–Crippen MR) is 53.8 cm³/mol. The van der Waals surface area contributed by atoms with Gasteiger partial charge in [-0.05, 0) is 40.0 Å². The lowest BCUT2D eigenvalue weighted by Gasteiger charge is -2.02. The van der Waals surface area contributed by atoms with Gasteiger partial charge >= 0.3 is 5.97 Å². The maximum Gasteiger partial charge on any atom is 0.336 e. The van der Waals surface area contributed by atoms with E-state index in [4.69, 9.17) is 5.11 Å². The van der Waals surface area contributed by atoms with Crippen LogP contribution in [0.3, 0.4) is 0 Å². The van der Waals surface area contributed by atoms with Gasteiger partial charge in [0, 0.05) is 16.5 Å². The number of hydrogen-bond acceptors (Lipinski definition) is 2. The molecule has 0 aromatic heterocycles. The summed E-state index contributed by atoms with van der Waals surface area (Å²) >= 11 is 3.18. The third kappa shape index (κ3) is 1.35. The summed E-state index contributed by atoms with van der Waals surface area (Å²) in [5.41, 5.74) is 1.65. The Morgan fingerprint density at radius 1 is 1.36 bits per heavy atom. The average Bonchev–Trinajstić information content (AvgIpc) is 2.46. The highest BCUT2D eigenvalue weighted by Gasteiger charge is 2.22. The first kappa shape index (κ1) is 9.40. The van der Waals surface area contributed by atoms with Gasteiger partial charge in [-0.15, -0.1) is 0 Å². The highest BCUT2D eigenvalue weighted by Crippen LogP contribution is 2.28. The van der Waals surface area contributed by atoms with Crippen molar-refractivity contribution in [3.63, 3.8) is 0 Å². The zero-order valence-electron chi connectivity index (χ0n) is 7.21. The molecule has 0 heterocycles. The number of carboxylic acids is 1. The number of carbonyl (C=O) groups is 2. The number of Topliss-reactive ketones (excluding diaryl/α,β-unsaturated/α-hetero) is 1. The number of benzene rings is 1. The fourth-order valence-corrected chi connectivity index (χ4v) is 2.19. The summed E-state index contributed by atoms with van der Waals surface area (Å²) in [7, 11) is 0. The van der Waals surface area contributed by atoms with Crippen LogP contribution >= 0.6 is 15.9 Å². The highest BCUT2D eigenvalue weighted by atomic mass is 79.9. The molecule has 14 heavy (non-hydrogen) atoms. The fourth-order valence-electron chi connectivity index (χ4n) is 1.63. The van der Waals surface area contributed by atoms with Crippen molar-refractivity contribution >= 4 is 27.7 Å². The monoisotopic (exact) mass is 254 g/mol. The Morgan fingerprint density at radius 2 is 2.07 bits per heavy atom. The van der Waals surface area contributed by atoms with Crippen molar-refractivity contribution in [2.45, 2.75) is 12.8 Å². The van der Waals surface area contributed by atoms with E-state index in [1.807, 2.05) is 0 Å². The minimum Gasteiger partial charge on any atom is -0.478 e. The van der Waals surface area contributed by atoms with Gasteiger partial charge in [-0.3, -0.25) is 4.79 Å². The summed E-state index contributed by atoms with van der Waals surface area (Å²) in [6, 6.07) is 3.18. The van der Waals surface area contributed by atoms with Crippen molar-refractivity contribution in [1.82, 2.24) is 0 Å². The van der Waals surface area contributed by atoms with Crippen LogP contribution in [0.15, 0.2) is 16.6 Å². The maximum absolute atomic E-state index is 11.3. The minimum atomic E-state index is -1.01. The van der Waals surface area contributed by atoms with E-state index in [2.05, 4.69) is 15.9 Å². The second kappa shape index (κ2) is 3.20. The van der Waals surface area contributed by atoms with E-state index in [1.165, 1.54) is 6.07 Å². The van der Waals surface area contributed by atoms with E-state index in [1.54, 1.807) is 6.07 Å². The lowest BCUT2D eigenvalue weighted by Crippen LogP contribution is -2.01. The summed E-state index contributed by atoms with van der Waals surface area (Å²) in [6.07, 6.45) is 1.21. The Bertz CT molecular complexity index is 436. The van der Waals surface area contributed by atoms with Crippen LogP contribution < -0.4 is 0 Å². The van der Waals surface area contributed by atoms with Gasteiger partial charge in [0.1, 0.15) is 0 Å². The van der Waals surface area contributed by atoms with Crippen LogP contribution in [0.5, 0.6) is 0 Å². The quantitative estimate of drug-likeness (QED) is 0.837. The number of ketones is 1. The molecule has 0 unspecified atom stereocenters. The van der Waals surface area contributed by atoms with E-state index in [0.29, 0.717) is 22.9 Å². The van der Waals surface area contributed by atoms with E-state index in [-0.39, 0.29) is 11.3 Å². The average molecular weight is 255 g/mol. The first-order chi connectivity index (χ1) is 6.59. The molecule has 0 saturated carbocycles. The molecule has 1 N–H and O–H groups in total. The topological polar surface area (TPSA) is 54.4 Å². The molecule has 1 aromatic rings. The molecule has 0 atom stereocenters. The second-order valence-electron chi connectivity index (χ2n) is 3.22. The number of carbonyl (C=O) groups excluding carboxylic acids is 1.